The molecule has 126 valence electrons. The number of hydrogen-bond donors (Lipinski definition) is 0. The Labute approximate surface area is 147 Å². The maximum Gasteiger partial charge on any atom is 0.297 e. The van der Waals surface area contributed by atoms with Gasteiger partial charge in [-0.1, -0.05) is 41.9 Å². The smallest absolute Gasteiger partial charge is 0.288 e. The van der Waals surface area contributed by atoms with E-state index in [4.69, 9.17) is 11.6 Å². The van der Waals surface area contributed by atoms with E-state index < -0.39 is 34.1 Å². The minimum atomic E-state index is -0.920. The molecule has 3 rings (SSSR count). The van der Waals surface area contributed by atoms with Crippen LogP contribution in [0.5, 0.6) is 0 Å². The van der Waals surface area contributed by atoms with Gasteiger partial charge >= 0.3 is 0 Å². The minimum Gasteiger partial charge on any atom is -0.288 e. The Hall–Kier alpha value is -3.06. The zero-order valence-corrected chi connectivity index (χ0v) is 13.5. The molecule has 8 heteroatoms. The third kappa shape index (κ3) is 3.01. The lowest BCUT2D eigenvalue weighted by atomic mass is 9.97. The van der Waals surface area contributed by atoms with E-state index in [1.807, 2.05) is 0 Å². The van der Waals surface area contributed by atoms with Gasteiger partial charge in [-0.15, -0.1) is 0 Å². The number of carbonyl (C=O) groups excluding carboxylic acids is 3. The summed E-state index contributed by atoms with van der Waals surface area (Å²) in [7, 11) is 0. The van der Waals surface area contributed by atoms with Crippen molar-refractivity contribution in [1.29, 1.82) is 0 Å². The van der Waals surface area contributed by atoms with Crippen LogP contribution in [0, 0.1) is 10.1 Å². The number of amides is 2. The number of imide groups is 1. The predicted molar refractivity (Wildman–Crippen MR) is 88.3 cm³/mol. The second-order valence-corrected chi connectivity index (χ2v) is 5.88. The zero-order chi connectivity index (χ0) is 18.1. The molecule has 7 nitrogen and oxygen atoms in total. The second-order valence-electron chi connectivity index (χ2n) is 5.47. The molecule has 25 heavy (non-hydrogen) atoms. The molecule has 2 amide bonds. The topological polar surface area (TPSA) is 97.6 Å². The number of nitrogens with zero attached hydrogens (tertiary/aromatic N) is 2. The quantitative estimate of drug-likeness (QED) is 0.363. The van der Waals surface area contributed by atoms with Crippen molar-refractivity contribution in [2.45, 2.75) is 5.92 Å². The first kappa shape index (κ1) is 16.8. The molecule has 0 aliphatic carbocycles. The van der Waals surface area contributed by atoms with E-state index >= 15 is 0 Å². The van der Waals surface area contributed by atoms with Crippen molar-refractivity contribution < 1.29 is 19.3 Å². The fourth-order valence-electron chi connectivity index (χ4n) is 2.69. The summed E-state index contributed by atoms with van der Waals surface area (Å²) in [5, 5.41) is 10.8. The number of nitro groups is 1. The van der Waals surface area contributed by atoms with Crippen molar-refractivity contribution in [3.63, 3.8) is 0 Å². The van der Waals surface area contributed by atoms with Crippen LogP contribution in [0.2, 0.25) is 5.02 Å². The lowest BCUT2D eigenvalue weighted by Gasteiger charge is -2.14. The van der Waals surface area contributed by atoms with E-state index in [0.29, 0.717) is 5.56 Å². The Morgan fingerprint density at radius 1 is 1.16 bits per heavy atom. The number of likely N-dealkylation sites (tertiary alicyclic amines) is 1. The lowest BCUT2D eigenvalue weighted by Crippen LogP contribution is -2.33. The van der Waals surface area contributed by atoms with Crippen molar-refractivity contribution >= 4 is 34.9 Å². The fraction of sp³-hybridized carbons (Fsp3) is 0.118. The van der Waals surface area contributed by atoms with E-state index in [1.165, 1.54) is 12.1 Å². The number of benzene rings is 2. The molecule has 0 N–H and O–H groups in total. The normalized spacial score (nSPS) is 17.0. The third-order valence-corrected chi connectivity index (χ3v) is 4.29. The molecule has 1 saturated heterocycles. The van der Waals surface area contributed by atoms with E-state index in [0.717, 1.165) is 11.0 Å². The lowest BCUT2D eigenvalue weighted by molar-refractivity contribution is -0.384. The molecule has 0 bridgehead atoms. The van der Waals surface area contributed by atoms with Crippen molar-refractivity contribution in [1.82, 2.24) is 4.90 Å². The molecule has 2 aromatic rings. The Morgan fingerprint density at radius 2 is 1.84 bits per heavy atom. The van der Waals surface area contributed by atoms with Crippen LogP contribution in [-0.2, 0) is 9.59 Å². The summed E-state index contributed by atoms with van der Waals surface area (Å²) < 4.78 is 0. The first-order chi connectivity index (χ1) is 11.9. The summed E-state index contributed by atoms with van der Waals surface area (Å²) in [5.41, 5.74) is 0.120. The highest BCUT2D eigenvalue weighted by Crippen LogP contribution is 2.29. The van der Waals surface area contributed by atoms with Crippen LogP contribution < -0.4 is 0 Å². The molecule has 1 atom stereocenters. The van der Waals surface area contributed by atoms with Crippen LogP contribution >= 0.6 is 11.6 Å². The molecule has 1 heterocycles. The van der Waals surface area contributed by atoms with Gasteiger partial charge in [0.05, 0.1) is 10.8 Å². The molecule has 0 radical (unpaired) electrons. The van der Waals surface area contributed by atoms with Crippen LogP contribution in [0.3, 0.4) is 0 Å². The number of halogens is 1. The van der Waals surface area contributed by atoms with Crippen molar-refractivity contribution in [2.75, 3.05) is 6.54 Å². The molecule has 2 aromatic carbocycles. The molecule has 1 aliphatic rings. The van der Waals surface area contributed by atoms with Crippen LogP contribution in [0.25, 0.3) is 0 Å². The number of hydrogen-bond acceptors (Lipinski definition) is 5. The molecular formula is C17H11ClN2O5. The SMILES string of the molecule is O=C1C(=O)N(C(=O)c2ccc(Cl)c([N+](=O)[O-])c2)C[C@H]1c1ccccc1. The number of nitro benzene ring substituents is 1. The van der Waals surface area contributed by atoms with Gasteiger partial charge in [0.15, 0.2) is 0 Å². The van der Waals surface area contributed by atoms with Crippen LogP contribution in [-0.4, -0.2) is 34.0 Å². The second kappa shape index (κ2) is 6.45. The monoisotopic (exact) mass is 358 g/mol. The Kier molecular flexibility index (Phi) is 4.33. The van der Waals surface area contributed by atoms with Crippen LogP contribution in [0.1, 0.15) is 21.8 Å². The van der Waals surface area contributed by atoms with Gasteiger partial charge in [0.25, 0.3) is 17.5 Å². The first-order valence-electron chi connectivity index (χ1n) is 7.29. The molecule has 0 saturated carbocycles. The minimum absolute atomic E-state index is 0.0778. The van der Waals surface area contributed by atoms with Gasteiger partial charge in [-0.2, -0.15) is 0 Å². The Balaban J connectivity index is 1.91. The number of ketones is 1. The van der Waals surface area contributed by atoms with Crippen molar-refractivity contribution in [2.24, 2.45) is 0 Å². The van der Waals surface area contributed by atoms with Crippen molar-refractivity contribution in [3.05, 3.63) is 74.8 Å². The third-order valence-electron chi connectivity index (χ3n) is 3.97. The maximum absolute atomic E-state index is 12.6. The van der Waals surface area contributed by atoms with Gasteiger partial charge < -0.3 is 0 Å². The summed E-state index contributed by atoms with van der Waals surface area (Å²) in [5.74, 6) is -3.10. The van der Waals surface area contributed by atoms with E-state index in [2.05, 4.69) is 0 Å². The van der Waals surface area contributed by atoms with Gasteiger partial charge in [-0.25, -0.2) is 0 Å². The Morgan fingerprint density at radius 3 is 2.48 bits per heavy atom. The van der Waals surface area contributed by atoms with Crippen LogP contribution in [0.4, 0.5) is 5.69 Å². The van der Waals surface area contributed by atoms with E-state index in [-0.39, 0.29) is 17.1 Å². The van der Waals surface area contributed by atoms with Gasteiger partial charge in [0.2, 0.25) is 5.78 Å². The summed E-state index contributed by atoms with van der Waals surface area (Å²) in [4.78, 5) is 48.0. The molecule has 0 unspecified atom stereocenters. The van der Waals surface area contributed by atoms with E-state index in [1.54, 1.807) is 30.3 Å². The average molecular weight is 359 g/mol. The summed E-state index contributed by atoms with van der Waals surface area (Å²) in [6, 6.07) is 12.2. The van der Waals surface area contributed by atoms with Gasteiger partial charge in [-0.05, 0) is 17.7 Å². The molecule has 0 spiro atoms. The largest absolute Gasteiger partial charge is 0.297 e. The number of rotatable bonds is 3. The van der Waals surface area contributed by atoms with E-state index in [9.17, 15) is 24.5 Å². The van der Waals surface area contributed by atoms with Gasteiger partial charge in [-0.3, -0.25) is 29.4 Å². The average Bonchev–Trinajstić information content (AvgIpc) is 2.91. The summed E-state index contributed by atoms with van der Waals surface area (Å²) >= 11 is 5.72. The van der Waals surface area contributed by atoms with Gasteiger partial charge in [0.1, 0.15) is 5.02 Å². The molecule has 0 aromatic heterocycles. The highest BCUT2D eigenvalue weighted by Gasteiger charge is 2.43. The van der Waals surface area contributed by atoms with Crippen molar-refractivity contribution in [3.8, 4) is 0 Å². The Bertz CT molecular complexity index is 897. The van der Waals surface area contributed by atoms with Gasteiger partial charge in [0, 0.05) is 18.2 Å². The fourth-order valence-corrected chi connectivity index (χ4v) is 2.88. The highest BCUT2D eigenvalue weighted by atomic mass is 35.5. The molecule has 1 aliphatic heterocycles. The summed E-state index contributed by atoms with van der Waals surface area (Å²) in [6.45, 7) is -0.100. The number of carbonyl (C=O) groups is 3. The summed E-state index contributed by atoms with van der Waals surface area (Å²) in [6.07, 6.45) is 0. The molecular weight excluding hydrogens is 348 g/mol. The number of Topliss-reactive ketones (excluding diaryl/α,β-unsaturated/α-hetero) is 1. The standard InChI is InChI=1S/C17H11ClN2O5/c18-13-7-6-11(8-14(13)20(24)25)16(22)19-9-12(15(21)17(19)23)10-4-2-1-3-5-10/h1-8,12H,9H2/t12-/m0/s1. The maximum atomic E-state index is 12.6. The predicted octanol–water partition coefficient (Wildman–Crippen LogP) is 2.58. The highest BCUT2D eigenvalue weighted by molar-refractivity contribution is 6.43. The van der Waals surface area contributed by atoms with Crippen LogP contribution in [0.15, 0.2) is 48.5 Å². The first-order valence-corrected chi connectivity index (χ1v) is 7.67. The zero-order valence-electron chi connectivity index (χ0n) is 12.7. The molecule has 1 fully saturated rings.